The number of nitrogens with one attached hydrogen (secondary N) is 1. The standard InChI is InChI=1S/C24H30FN3O2/c1-4-18-9-11-19(12-10-18)23(29)26-22(17(2)3)24(30)28-15-13-27(14-16-28)21-8-6-5-7-20(21)25/h5-12,17,22H,4,13-16H2,1-3H3,(H,26,29)/t22-/m0/s1. The van der Waals surface area contributed by atoms with E-state index < -0.39 is 6.04 Å². The van der Waals surface area contributed by atoms with Crippen molar-refractivity contribution in [2.24, 2.45) is 5.92 Å². The fourth-order valence-electron chi connectivity index (χ4n) is 3.70. The Labute approximate surface area is 177 Å². The van der Waals surface area contributed by atoms with Crippen LogP contribution < -0.4 is 10.2 Å². The van der Waals surface area contributed by atoms with E-state index in [-0.39, 0.29) is 23.5 Å². The van der Waals surface area contributed by atoms with Crippen LogP contribution in [0.15, 0.2) is 48.5 Å². The molecule has 0 unspecified atom stereocenters. The number of rotatable bonds is 6. The van der Waals surface area contributed by atoms with Crippen LogP contribution in [-0.2, 0) is 11.2 Å². The Bertz CT molecular complexity index is 874. The Morgan fingerprint density at radius 3 is 2.20 bits per heavy atom. The number of hydrogen-bond acceptors (Lipinski definition) is 3. The number of aryl methyl sites for hydroxylation is 1. The monoisotopic (exact) mass is 411 g/mol. The number of nitrogens with zero attached hydrogens (tertiary/aromatic N) is 2. The van der Waals surface area contributed by atoms with E-state index in [4.69, 9.17) is 0 Å². The van der Waals surface area contributed by atoms with Gasteiger partial charge in [0.1, 0.15) is 11.9 Å². The van der Waals surface area contributed by atoms with Crippen molar-refractivity contribution in [1.29, 1.82) is 0 Å². The molecule has 1 atom stereocenters. The number of amides is 2. The molecule has 0 aromatic heterocycles. The summed E-state index contributed by atoms with van der Waals surface area (Å²) in [6.45, 7) is 8.04. The molecule has 1 aliphatic rings. The topological polar surface area (TPSA) is 52.7 Å². The van der Waals surface area contributed by atoms with E-state index in [1.54, 1.807) is 29.2 Å². The maximum absolute atomic E-state index is 14.0. The van der Waals surface area contributed by atoms with E-state index in [1.165, 1.54) is 6.07 Å². The van der Waals surface area contributed by atoms with Crippen LogP contribution in [0.25, 0.3) is 0 Å². The van der Waals surface area contributed by atoms with E-state index in [9.17, 15) is 14.0 Å². The molecule has 1 aliphatic heterocycles. The van der Waals surface area contributed by atoms with Crippen molar-refractivity contribution in [2.75, 3.05) is 31.1 Å². The smallest absolute Gasteiger partial charge is 0.251 e. The van der Waals surface area contributed by atoms with Crippen LogP contribution in [0.5, 0.6) is 0 Å². The molecule has 160 valence electrons. The summed E-state index contributed by atoms with van der Waals surface area (Å²) in [5.41, 5.74) is 2.28. The first-order valence-corrected chi connectivity index (χ1v) is 10.6. The summed E-state index contributed by atoms with van der Waals surface area (Å²) >= 11 is 0. The van der Waals surface area contributed by atoms with E-state index in [0.717, 1.165) is 12.0 Å². The summed E-state index contributed by atoms with van der Waals surface area (Å²) in [4.78, 5) is 29.5. The van der Waals surface area contributed by atoms with E-state index >= 15 is 0 Å². The van der Waals surface area contributed by atoms with E-state index in [1.807, 2.05) is 36.9 Å². The average Bonchev–Trinajstić information content (AvgIpc) is 2.77. The lowest BCUT2D eigenvalue weighted by atomic mass is 10.0. The normalized spacial score (nSPS) is 15.2. The first-order chi connectivity index (χ1) is 14.4. The molecule has 1 N–H and O–H groups in total. The van der Waals surface area contributed by atoms with Gasteiger partial charge in [-0.25, -0.2) is 4.39 Å². The van der Waals surface area contributed by atoms with Gasteiger partial charge in [0.2, 0.25) is 5.91 Å². The molecule has 0 bridgehead atoms. The number of carbonyl (C=O) groups excluding carboxylic acids is 2. The van der Waals surface area contributed by atoms with Crippen molar-refractivity contribution in [3.8, 4) is 0 Å². The fraction of sp³-hybridized carbons (Fsp3) is 0.417. The highest BCUT2D eigenvalue weighted by Crippen LogP contribution is 2.21. The summed E-state index contributed by atoms with van der Waals surface area (Å²) in [5, 5.41) is 2.92. The number of halogens is 1. The van der Waals surface area contributed by atoms with Crippen LogP contribution in [-0.4, -0.2) is 48.9 Å². The average molecular weight is 412 g/mol. The second-order valence-corrected chi connectivity index (χ2v) is 8.01. The highest BCUT2D eigenvalue weighted by Gasteiger charge is 2.31. The lowest BCUT2D eigenvalue weighted by Crippen LogP contribution is -2.56. The van der Waals surface area contributed by atoms with Crippen LogP contribution in [0, 0.1) is 11.7 Å². The molecule has 2 aromatic carbocycles. The lowest BCUT2D eigenvalue weighted by molar-refractivity contribution is -0.134. The number of benzene rings is 2. The third kappa shape index (κ3) is 4.99. The maximum Gasteiger partial charge on any atom is 0.251 e. The molecule has 0 saturated carbocycles. The third-order valence-electron chi connectivity index (χ3n) is 5.63. The van der Waals surface area contributed by atoms with Crippen molar-refractivity contribution >= 4 is 17.5 Å². The number of hydrogen-bond donors (Lipinski definition) is 1. The summed E-state index contributed by atoms with van der Waals surface area (Å²) < 4.78 is 14.0. The van der Waals surface area contributed by atoms with Gasteiger partial charge in [-0.3, -0.25) is 9.59 Å². The van der Waals surface area contributed by atoms with E-state index in [2.05, 4.69) is 12.2 Å². The van der Waals surface area contributed by atoms with Crippen LogP contribution in [0.3, 0.4) is 0 Å². The van der Waals surface area contributed by atoms with Gasteiger partial charge in [0.05, 0.1) is 5.69 Å². The second kappa shape index (κ2) is 9.74. The van der Waals surface area contributed by atoms with Gasteiger partial charge in [-0.15, -0.1) is 0 Å². The van der Waals surface area contributed by atoms with Gasteiger partial charge in [0, 0.05) is 31.7 Å². The van der Waals surface area contributed by atoms with Gasteiger partial charge in [-0.05, 0) is 42.2 Å². The molecule has 6 heteroatoms. The molecular weight excluding hydrogens is 381 g/mol. The number of carbonyl (C=O) groups is 2. The molecule has 2 amide bonds. The van der Waals surface area contributed by atoms with Gasteiger partial charge in [0.25, 0.3) is 5.91 Å². The maximum atomic E-state index is 14.0. The first kappa shape index (κ1) is 21.8. The molecule has 1 heterocycles. The molecule has 1 saturated heterocycles. The molecule has 0 radical (unpaired) electrons. The molecule has 3 rings (SSSR count). The van der Waals surface area contributed by atoms with Gasteiger partial charge in [0.15, 0.2) is 0 Å². The van der Waals surface area contributed by atoms with Gasteiger partial charge in [-0.2, -0.15) is 0 Å². The zero-order valence-corrected chi connectivity index (χ0v) is 17.9. The summed E-state index contributed by atoms with van der Waals surface area (Å²) in [6, 6.07) is 13.6. The molecule has 0 spiro atoms. The molecule has 5 nitrogen and oxygen atoms in total. The lowest BCUT2D eigenvalue weighted by Gasteiger charge is -2.38. The zero-order valence-electron chi connectivity index (χ0n) is 17.9. The Morgan fingerprint density at radius 2 is 1.63 bits per heavy atom. The molecule has 0 aliphatic carbocycles. The van der Waals surface area contributed by atoms with E-state index in [0.29, 0.717) is 37.4 Å². The predicted octanol–water partition coefficient (Wildman–Crippen LogP) is 3.49. The van der Waals surface area contributed by atoms with Crippen molar-refractivity contribution in [3.63, 3.8) is 0 Å². The highest BCUT2D eigenvalue weighted by atomic mass is 19.1. The molecule has 1 fully saturated rings. The largest absolute Gasteiger partial charge is 0.366 e. The summed E-state index contributed by atoms with van der Waals surface area (Å²) in [5.74, 6) is -0.619. The molecule has 2 aromatic rings. The minimum absolute atomic E-state index is 0.0408. The van der Waals surface area contributed by atoms with Crippen LogP contribution in [0.4, 0.5) is 10.1 Å². The molecule has 30 heavy (non-hydrogen) atoms. The zero-order chi connectivity index (χ0) is 21.7. The third-order valence-corrected chi connectivity index (χ3v) is 5.63. The Hall–Kier alpha value is -2.89. The number of piperazine rings is 1. The van der Waals surface area contributed by atoms with Gasteiger partial charge < -0.3 is 15.1 Å². The van der Waals surface area contributed by atoms with Gasteiger partial charge >= 0.3 is 0 Å². The first-order valence-electron chi connectivity index (χ1n) is 10.6. The fourth-order valence-corrected chi connectivity index (χ4v) is 3.70. The summed E-state index contributed by atoms with van der Waals surface area (Å²) in [6.07, 6.45) is 0.911. The van der Waals surface area contributed by atoms with Crippen LogP contribution >= 0.6 is 0 Å². The van der Waals surface area contributed by atoms with Crippen LogP contribution in [0.1, 0.15) is 36.7 Å². The number of para-hydroxylation sites is 1. The Balaban J connectivity index is 1.63. The second-order valence-electron chi connectivity index (χ2n) is 8.01. The van der Waals surface area contributed by atoms with Crippen molar-refractivity contribution in [3.05, 3.63) is 65.5 Å². The van der Waals surface area contributed by atoms with Gasteiger partial charge in [-0.1, -0.05) is 45.0 Å². The highest BCUT2D eigenvalue weighted by molar-refractivity contribution is 5.97. The Kier molecular flexibility index (Phi) is 7.08. The minimum Gasteiger partial charge on any atom is -0.366 e. The van der Waals surface area contributed by atoms with Crippen molar-refractivity contribution in [1.82, 2.24) is 10.2 Å². The quantitative estimate of drug-likeness (QED) is 0.792. The predicted molar refractivity (Wildman–Crippen MR) is 117 cm³/mol. The van der Waals surface area contributed by atoms with Crippen LogP contribution in [0.2, 0.25) is 0 Å². The Morgan fingerprint density at radius 1 is 1.00 bits per heavy atom. The minimum atomic E-state index is -0.594. The number of anilines is 1. The molecular formula is C24H30FN3O2. The van der Waals surface area contributed by atoms with Crippen molar-refractivity contribution in [2.45, 2.75) is 33.2 Å². The summed E-state index contributed by atoms with van der Waals surface area (Å²) in [7, 11) is 0. The SMILES string of the molecule is CCc1ccc(C(=O)N[C@H](C(=O)N2CCN(c3ccccc3F)CC2)C(C)C)cc1. The van der Waals surface area contributed by atoms with Crippen molar-refractivity contribution < 1.29 is 14.0 Å².